The number of amides is 1. The average molecular weight is 419 g/mol. The van der Waals surface area contributed by atoms with Crippen LogP contribution in [0.5, 0.6) is 11.5 Å². The van der Waals surface area contributed by atoms with Crippen LogP contribution >= 0.6 is 0 Å². The van der Waals surface area contributed by atoms with E-state index in [1.54, 1.807) is 18.2 Å². The van der Waals surface area contributed by atoms with Gasteiger partial charge in [-0.2, -0.15) is 8.78 Å². The zero-order chi connectivity index (χ0) is 22.1. The van der Waals surface area contributed by atoms with Gasteiger partial charge in [0, 0.05) is 17.3 Å². The van der Waals surface area contributed by atoms with Gasteiger partial charge in [-0.3, -0.25) is 4.79 Å². The summed E-state index contributed by atoms with van der Waals surface area (Å²) in [6, 6.07) is 11.8. The Morgan fingerprint density at radius 3 is 2.40 bits per heavy atom. The molecule has 0 bridgehead atoms. The molecule has 0 radical (unpaired) electrons. The Labute approximate surface area is 173 Å². The van der Waals surface area contributed by atoms with Gasteiger partial charge in [-0.15, -0.1) is 0 Å². The highest BCUT2D eigenvalue weighted by atomic mass is 19.3. The van der Waals surface area contributed by atoms with Crippen LogP contribution in [0.4, 0.5) is 14.5 Å². The van der Waals surface area contributed by atoms with E-state index in [0.717, 1.165) is 11.6 Å². The van der Waals surface area contributed by atoms with E-state index in [0.29, 0.717) is 11.6 Å². The average Bonchev–Trinajstić information content (AvgIpc) is 2.71. The van der Waals surface area contributed by atoms with Crippen LogP contribution in [0.25, 0.3) is 6.08 Å². The molecule has 2 aromatic rings. The molecule has 0 aliphatic heterocycles. The molecule has 2 aromatic carbocycles. The number of anilines is 1. The minimum absolute atomic E-state index is 0.0914. The number of carbonyl (C=O) groups excluding carboxylic acids is 2. The lowest BCUT2D eigenvalue weighted by molar-refractivity contribution is -0.142. The first-order chi connectivity index (χ1) is 14.3. The third-order valence-electron chi connectivity index (χ3n) is 4.04. The molecule has 0 saturated heterocycles. The van der Waals surface area contributed by atoms with E-state index >= 15 is 0 Å². The van der Waals surface area contributed by atoms with Crippen LogP contribution in [-0.2, 0) is 14.3 Å². The summed E-state index contributed by atoms with van der Waals surface area (Å²) in [5.74, 6) is -1.06. The Balaban J connectivity index is 1.92. The number of halogens is 2. The van der Waals surface area contributed by atoms with Crippen LogP contribution in [0.15, 0.2) is 48.5 Å². The van der Waals surface area contributed by atoms with Crippen LogP contribution in [0.1, 0.15) is 30.9 Å². The number of nitrogens with one attached hydrogen (secondary N) is 1. The first kappa shape index (κ1) is 22.9. The van der Waals surface area contributed by atoms with Crippen molar-refractivity contribution in [2.45, 2.75) is 26.4 Å². The quantitative estimate of drug-likeness (QED) is 0.474. The van der Waals surface area contributed by atoms with E-state index < -0.39 is 25.1 Å². The van der Waals surface area contributed by atoms with Crippen molar-refractivity contribution < 1.29 is 32.6 Å². The third-order valence-corrected chi connectivity index (χ3v) is 4.04. The zero-order valence-corrected chi connectivity index (χ0v) is 16.9. The molecule has 0 aliphatic rings. The van der Waals surface area contributed by atoms with Crippen LogP contribution in [-0.4, -0.2) is 32.2 Å². The van der Waals surface area contributed by atoms with Crippen molar-refractivity contribution in [1.82, 2.24) is 0 Å². The number of alkyl halides is 2. The summed E-state index contributed by atoms with van der Waals surface area (Å²) in [4.78, 5) is 23.8. The molecule has 1 amide bonds. The summed E-state index contributed by atoms with van der Waals surface area (Å²) in [5.41, 5.74) is 1.92. The number of para-hydroxylation sites is 1. The number of rotatable bonds is 9. The SMILES string of the molecule is COc1cccc(/C=C/C(=O)OCC(=O)Nc2ccc(C(C)C)cc2)c1OC(F)F. The molecule has 6 nitrogen and oxygen atoms in total. The Kier molecular flexibility index (Phi) is 8.34. The molecule has 1 N–H and O–H groups in total. The van der Waals surface area contributed by atoms with Crippen molar-refractivity contribution in [1.29, 1.82) is 0 Å². The molecular weight excluding hydrogens is 396 g/mol. The Morgan fingerprint density at radius 1 is 1.10 bits per heavy atom. The molecule has 0 fully saturated rings. The number of methoxy groups -OCH3 is 1. The van der Waals surface area contributed by atoms with Gasteiger partial charge in [0.25, 0.3) is 5.91 Å². The highest BCUT2D eigenvalue weighted by molar-refractivity contribution is 5.94. The van der Waals surface area contributed by atoms with E-state index in [1.807, 2.05) is 12.1 Å². The lowest BCUT2D eigenvalue weighted by atomic mass is 10.0. The van der Waals surface area contributed by atoms with Gasteiger partial charge in [0.15, 0.2) is 18.1 Å². The minimum Gasteiger partial charge on any atom is -0.493 e. The van der Waals surface area contributed by atoms with Gasteiger partial charge in [0.05, 0.1) is 7.11 Å². The lowest BCUT2D eigenvalue weighted by Gasteiger charge is -2.12. The van der Waals surface area contributed by atoms with E-state index in [4.69, 9.17) is 9.47 Å². The van der Waals surface area contributed by atoms with Gasteiger partial charge in [-0.1, -0.05) is 38.1 Å². The standard InChI is InChI=1S/C22H23F2NO5/c1-14(2)15-7-10-17(11-8-15)25-19(26)13-29-20(27)12-9-16-5-4-6-18(28-3)21(16)30-22(23)24/h4-12,14,22H,13H2,1-3H3,(H,25,26)/b12-9+. The van der Waals surface area contributed by atoms with E-state index in [-0.39, 0.29) is 17.1 Å². The number of ether oxygens (including phenoxy) is 3. The summed E-state index contributed by atoms with van der Waals surface area (Å²) in [7, 11) is 1.31. The van der Waals surface area contributed by atoms with Crippen molar-refractivity contribution in [3.63, 3.8) is 0 Å². The smallest absolute Gasteiger partial charge is 0.387 e. The van der Waals surface area contributed by atoms with Crippen molar-refractivity contribution in [3.05, 3.63) is 59.7 Å². The molecule has 0 unspecified atom stereocenters. The van der Waals surface area contributed by atoms with E-state index in [2.05, 4.69) is 23.9 Å². The summed E-state index contributed by atoms with van der Waals surface area (Å²) >= 11 is 0. The van der Waals surface area contributed by atoms with Gasteiger partial charge in [0.2, 0.25) is 0 Å². The second kappa shape index (κ2) is 10.9. The molecule has 0 spiro atoms. The van der Waals surface area contributed by atoms with Gasteiger partial charge < -0.3 is 19.5 Å². The number of hydrogen-bond donors (Lipinski definition) is 1. The second-order valence-electron chi connectivity index (χ2n) is 6.52. The maximum Gasteiger partial charge on any atom is 0.387 e. The minimum atomic E-state index is -3.06. The fourth-order valence-corrected chi connectivity index (χ4v) is 2.53. The Bertz CT molecular complexity index is 895. The van der Waals surface area contributed by atoms with Gasteiger partial charge >= 0.3 is 12.6 Å². The molecule has 0 heterocycles. The van der Waals surface area contributed by atoms with Crippen LogP contribution in [0.3, 0.4) is 0 Å². The number of hydrogen-bond acceptors (Lipinski definition) is 5. The van der Waals surface area contributed by atoms with Gasteiger partial charge in [0.1, 0.15) is 0 Å². The summed E-state index contributed by atoms with van der Waals surface area (Å²) in [6.07, 6.45) is 2.25. The largest absolute Gasteiger partial charge is 0.493 e. The predicted octanol–water partition coefficient (Wildman–Crippen LogP) is 4.62. The van der Waals surface area contributed by atoms with Crippen molar-refractivity contribution in [3.8, 4) is 11.5 Å². The summed E-state index contributed by atoms with van der Waals surface area (Å²) in [5, 5.41) is 2.62. The molecule has 160 valence electrons. The first-order valence-corrected chi connectivity index (χ1v) is 9.16. The van der Waals surface area contributed by atoms with Crippen LogP contribution in [0.2, 0.25) is 0 Å². The first-order valence-electron chi connectivity index (χ1n) is 9.16. The topological polar surface area (TPSA) is 73.9 Å². The normalized spacial score (nSPS) is 11.0. The monoisotopic (exact) mass is 419 g/mol. The number of carbonyl (C=O) groups is 2. The number of benzene rings is 2. The molecule has 0 saturated carbocycles. The fourth-order valence-electron chi connectivity index (χ4n) is 2.53. The zero-order valence-electron chi connectivity index (χ0n) is 16.9. The van der Waals surface area contributed by atoms with Crippen molar-refractivity contribution in [2.24, 2.45) is 0 Å². The predicted molar refractivity (Wildman–Crippen MR) is 109 cm³/mol. The third kappa shape index (κ3) is 6.88. The second-order valence-corrected chi connectivity index (χ2v) is 6.52. The maximum absolute atomic E-state index is 12.6. The van der Waals surface area contributed by atoms with Gasteiger partial charge in [-0.25, -0.2) is 4.79 Å². The molecule has 2 rings (SSSR count). The Morgan fingerprint density at radius 2 is 1.80 bits per heavy atom. The molecular formula is C22H23F2NO5. The molecule has 0 atom stereocenters. The molecule has 0 aromatic heterocycles. The van der Waals surface area contributed by atoms with Gasteiger partial charge in [-0.05, 0) is 35.8 Å². The molecule has 0 aliphatic carbocycles. The number of esters is 1. The van der Waals surface area contributed by atoms with E-state index in [9.17, 15) is 18.4 Å². The van der Waals surface area contributed by atoms with Crippen LogP contribution < -0.4 is 14.8 Å². The van der Waals surface area contributed by atoms with Crippen LogP contribution in [0, 0.1) is 0 Å². The highest BCUT2D eigenvalue weighted by Gasteiger charge is 2.14. The van der Waals surface area contributed by atoms with E-state index in [1.165, 1.54) is 25.3 Å². The maximum atomic E-state index is 12.6. The summed E-state index contributed by atoms with van der Waals surface area (Å²) < 4.78 is 39.6. The lowest BCUT2D eigenvalue weighted by Crippen LogP contribution is -2.20. The molecule has 8 heteroatoms. The highest BCUT2D eigenvalue weighted by Crippen LogP contribution is 2.33. The van der Waals surface area contributed by atoms with Crippen molar-refractivity contribution >= 4 is 23.6 Å². The Hall–Kier alpha value is -3.42. The fraction of sp³-hybridized carbons (Fsp3) is 0.273. The van der Waals surface area contributed by atoms with Crippen molar-refractivity contribution in [2.75, 3.05) is 19.0 Å². The summed E-state index contributed by atoms with van der Waals surface area (Å²) in [6.45, 7) is 0.579. The molecule has 30 heavy (non-hydrogen) atoms.